The summed E-state index contributed by atoms with van der Waals surface area (Å²) in [7, 11) is 0. The van der Waals surface area contributed by atoms with Gasteiger partial charge >= 0.3 is 0 Å². The number of fused-ring (bicyclic) bond motifs is 2. The van der Waals surface area contributed by atoms with Gasteiger partial charge in [0.1, 0.15) is 5.75 Å². The number of ether oxygens (including phenoxy) is 1. The highest BCUT2D eigenvalue weighted by Crippen LogP contribution is 2.36. The van der Waals surface area contributed by atoms with E-state index < -0.39 is 0 Å². The number of benzene rings is 3. The molecule has 2 aromatic heterocycles. The Balaban J connectivity index is 1.44. The molecule has 0 spiro atoms. The zero-order valence-electron chi connectivity index (χ0n) is 17.9. The van der Waals surface area contributed by atoms with E-state index in [1.165, 1.54) is 11.3 Å². The van der Waals surface area contributed by atoms with Crippen LogP contribution in [0.15, 0.2) is 79.0 Å². The molecule has 5 rings (SSSR count). The molecular weight excluding hydrogens is 454 g/mol. The summed E-state index contributed by atoms with van der Waals surface area (Å²) in [5, 5.41) is 3.37. The van der Waals surface area contributed by atoms with Gasteiger partial charge in [-0.15, -0.1) is 0 Å². The molecule has 5 nitrogen and oxygen atoms in total. The Kier molecular flexibility index (Phi) is 5.94. The predicted octanol–water partition coefficient (Wildman–Crippen LogP) is 6.42. The van der Waals surface area contributed by atoms with Crippen LogP contribution in [0.25, 0.3) is 21.0 Å². The number of aryl methyl sites for hydroxylation is 1. The number of aromatic nitrogens is 2. The standard InChI is InChI=1S/C26H20ClN3O2S/c1-17-9-12-22(27)25-24(17)29-26(33-25)30(15-20-8-4-5-13-28-20)23(31)16-32-21-11-10-18-6-2-3-7-19(18)14-21/h2-14H,15-16H2,1H3. The van der Waals surface area contributed by atoms with Crippen molar-refractivity contribution >= 4 is 55.0 Å². The summed E-state index contributed by atoms with van der Waals surface area (Å²) in [6, 6.07) is 23.2. The van der Waals surface area contributed by atoms with Crippen molar-refractivity contribution in [2.45, 2.75) is 13.5 Å². The molecule has 0 aliphatic heterocycles. The first-order valence-electron chi connectivity index (χ1n) is 10.5. The largest absolute Gasteiger partial charge is 0.484 e. The second-order valence-electron chi connectivity index (χ2n) is 7.64. The van der Waals surface area contributed by atoms with E-state index >= 15 is 0 Å². The number of carbonyl (C=O) groups excluding carboxylic acids is 1. The van der Waals surface area contributed by atoms with Crippen LogP contribution in [0, 0.1) is 6.92 Å². The minimum atomic E-state index is -0.207. The molecule has 0 saturated carbocycles. The van der Waals surface area contributed by atoms with Crippen LogP contribution in [0.2, 0.25) is 5.02 Å². The number of halogens is 1. The van der Waals surface area contributed by atoms with Crippen molar-refractivity contribution in [3.63, 3.8) is 0 Å². The zero-order valence-corrected chi connectivity index (χ0v) is 19.4. The first kappa shape index (κ1) is 21.4. The molecular formula is C26H20ClN3O2S. The first-order chi connectivity index (χ1) is 16.1. The van der Waals surface area contributed by atoms with Crippen LogP contribution in [0.3, 0.4) is 0 Å². The maximum absolute atomic E-state index is 13.3. The molecule has 0 atom stereocenters. The number of hydrogen-bond acceptors (Lipinski definition) is 5. The number of nitrogens with zero attached hydrogens (tertiary/aromatic N) is 3. The number of rotatable bonds is 6. The monoisotopic (exact) mass is 473 g/mol. The highest BCUT2D eigenvalue weighted by molar-refractivity contribution is 7.23. The Morgan fingerprint density at radius 3 is 2.64 bits per heavy atom. The smallest absolute Gasteiger partial charge is 0.267 e. The highest BCUT2D eigenvalue weighted by Gasteiger charge is 2.22. The summed E-state index contributed by atoms with van der Waals surface area (Å²) in [6.07, 6.45) is 1.71. The number of amides is 1. The summed E-state index contributed by atoms with van der Waals surface area (Å²) in [5.41, 5.74) is 2.57. The number of carbonyl (C=O) groups is 1. The second-order valence-corrected chi connectivity index (χ2v) is 9.02. The van der Waals surface area contributed by atoms with Crippen molar-refractivity contribution in [2.24, 2.45) is 0 Å². The fourth-order valence-corrected chi connectivity index (χ4v) is 4.94. The van der Waals surface area contributed by atoms with Crippen LogP contribution < -0.4 is 9.64 Å². The third-order valence-corrected chi connectivity index (χ3v) is 6.89. The van der Waals surface area contributed by atoms with Gasteiger partial charge in [-0.2, -0.15) is 0 Å². The average Bonchev–Trinajstić information content (AvgIpc) is 3.30. The number of anilines is 1. The van der Waals surface area contributed by atoms with Gasteiger partial charge in [-0.3, -0.25) is 14.7 Å². The van der Waals surface area contributed by atoms with Crippen molar-refractivity contribution < 1.29 is 9.53 Å². The van der Waals surface area contributed by atoms with E-state index in [0.29, 0.717) is 15.9 Å². The Morgan fingerprint density at radius 1 is 1.03 bits per heavy atom. The molecule has 1 amide bonds. The van der Waals surface area contributed by atoms with Crippen LogP contribution in [0.5, 0.6) is 5.75 Å². The lowest BCUT2D eigenvalue weighted by Gasteiger charge is -2.20. The topological polar surface area (TPSA) is 55.3 Å². The lowest BCUT2D eigenvalue weighted by atomic mass is 10.1. The molecule has 0 aliphatic rings. The molecule has 3 aromatic carbocycles. The molecule has 0 N–H and O–H groups in total. The second kappa shape index (κ2) is 9.17. The van der Waals surface area contributed by atoms with Crippen LogP contribution >= 0.6 is 22.9 Å². The van der Waals surface area contributed by atoms with E-state index in [2.05, 4.69) is 4.98 Å². The van der Waals surface area contributed by atoms with Crippen LogP contribution in [0.4, 0.5) is 5.13 Å². The Morgan fingerprint density at radius 2 is 1.85 bits per heavy atom. The van der Waals surface area contributed by atoms with Gasteiger partial charge < -0.3 is 4.74 Å². The lowest BCUT2D eigenvalue weighted by Crippen LogP contribution is -2.34. The van der Waals surface area contributed by atoms with E-state index in [1.54, 1.807) is 11.1 Å². The third kappa shape index (κ3) is 4.53. The minimum Gasteiger partial charge on any atom is -0.484 e. The summed E-state index contributed by atoms with van der Waals surface area (Å²) < 4.78 is 6.74. The molecule has 2 heterocycles. The van der Waals surface area contributed by atoms with Crippen molar-refractivity contribution in [1.82, 2.24) is 9.97 Å². The van der Waals surface area contributed by atoms with E-state index in [9.17, 15) is 4.79 Å². The quantitative estimate of drug-likeness (QED) is 0.285. The van der Waals surface area contributed by atoms with Crippen molar-refractivity contribution in [3.8, 4) is 5.75 Å². The molecule has 0 aliphatic carbocycles. The van der Waals surface area contributed by atoms with Gasteiger partial charge in [0.05, 0.1) is 27.5 Å². The van der Waals surface area contributed by atoms with E-state index in [-0.39, 0.29) is 19.1 Å². The van der Waals surface area contributed by atoms with Gasteiger partial charge in [0.25, 0.3) is 5.91 Å². The SMILES string of the molecule is Cc1ccc(Cl)c2sc(N(Cc3ccccn3)C(=O)COc3ccc4ccccc4c3)nc12. The molecule has 0 saturated heterocycles. The van der Waals surface area contributed by atoms with Gasteiger partial charge in [-0.1, -0.05) is 65.4 Å². The van der Waals surface area contributed by atoms with E-state index in [4.69, 9.17) is 21.3 Å². The molecule has 33 heavy (non-hydrogen) atoms. The van der Waals surface area contributed by atoms with Gasteiger partial charge in [0, 0.05) is 6.20 Å². The van der Waals surface area contributed by atoms with Crippen LogP contribution in [-0.4, -0.2) is 22.5 Å². The fraction of sp³-hybridized carbons (Fsp3) is 0.115. The third-order valence-electron chi connectivity index (χ3n) is 5.35. The highest BCUT2D eigenvalue weighted by atomic mass is 35.5. The van der Waals surface area contributed by atoms with Gasteiger partial charge in [-0.25, -0.2) is 4.98 Å². The predicted molar refractivity (Wildman–Crippen MR) is 134 cm³/mol. The maximum Gasteiger partial charge on any atom is 0.267 e. The Hall–Kier alpha value is -3.48. The summed E-state index contributed by atoms with van der Waals surface area (Å²) in [4.78, 5) is 24.1. The summed E-state index contributed by atoms with van der Waals surface area (Å²) >= 11 is 7.80. The lowest BCUT2D eigenvalue weighted by molar-refractivity contribution is -0.120. The molecule has 0 radical (unpaired) electrons. The Bertz CT molecular complexity index is 1410. The number of thiazole rings is 1. The molecule has 7 heteroatoms. The number of hydrogen-bond donors (Lipinski definition) is 0. The average molecular weight is 474 g/mol. The van der Waals surface area contributed by atoms with Crippen molar-refractivity contribution in [3.05, 3.63) is 95.3 Å². The normalized spacial score (nSPS) is 11.1. The zero-order chi connectivity index (χ0) is 22.8. The van der Waals surface area contributed by atoms with Gasteiger partial charge in [-0.05, 0) is 53.6 Å². The number of pyridine rings is 1. The van der Waals surface area contributed by atoms with Crippen LogP contribution in [0.1, 0.15) is 11.3 Å². The molecule has 0 fully saturated rings. The summed E-state index contributed by atoms with van der Waals surface area (Å²) in [6.45, 7) is 2.15. The van der Waals surface area contributed by atoms with Crippen LogP contribution in [-0.2, 0) is 11.3 Å². The van der Waals surface area contributed by atoms with E-state index in [1.807, 2.05) is 79.7 Å². The molecule has 0 unspecified atom stereocenters. The Labute approximate surface area is 200 Å². The molecule has 5 aromatic rings. The van der Waals surface area contributed by atoms with E-state index in [0.717, 1.165) is 32.2 Å². The molecule has 164 valence electrons. The van der Waals surface area contributed by atoms with Gasteiger partial charge in [0.2, 0.25) is 0 Å². The fourth-order valence-electron chi connectivity index (χ4n) is 3.60. The molecule has 0 bridgehead atoms. The maximum atomic E-state index is 13.3. The van der Waals surface area contributed by atoms with Crippen molar-refractivity contribution in [1.29, 1.82) is 0 Å². The summed E-state index contributed by atoms with van der Waals surface area (Å²) in [5.74, 6) is 0.435. The first-order valence-corrected chi connectivity index (χ1v) is 11.7. The van der Waals surface area contributed by atoms with Crippen molar-refractivity contribution in [2.75, 3.05) is 11.5 Å². The minimum absolute atomic E-state index is 0.117. The van der Waals surface area contributed by atoms with Gasteiger partial charge in [0.15, 0.2) is 11.7 Å².